The molecule has 4 N–H and O–H groups in total. The van der Waals surface area contributed by atoms with Crippen LogP contribution in [0.4, 0.5) is 0 Å². The molecule has 2 aromatic rings. The van der Waals surface area contributed by atoms with Crippen molar-refractivity contribution in [1.82, 2.24) is 10.2 Å². The van der Waals surface area contributed by atoms with Crippen LogP contribution in [0.15, 0.2) is 36.4 Å². The summed E-state index contributed by atoms with van der Waals surface area (Å²) in [6.07, 6.45) is 1.17. The molecule has 2 amide bonds. The van der Waals surface area contributed by atoms with Crippen LogP contribution in [-0.4, -0.2) is 58.3 Å². The molecule has 0 unspecified atom stereocenters. The lowest BCUT2D eigenvalue weighted by Gasteiger charge is -2.32. The van der Waals surface area contributed by atoms with Crippen LogP contribution in [0.2, 0.25) is 0 Å². The Morgan fingerprint density at radius 3 is 2.11 bits per heavy atom. The van der Waals surface area contributed by atoms with Crippen molar-refractivity contribution in [3.63, 3.8) is 0 Å². The van der Waals surface area contributed by atoms with E-state index in [1.54, 1.807) is 36.3 Å². The molecule has 0 spiro atoms. The summed E-state index contributed by atoms with van der Waals surface area (Å²) in [4.78, 5) is 26.5. The Labute approximate surface area is 162 Å². The number of hydrogen-bond donors (Lipinski definition) is 4. The van der Waals surface area contributed by atoms with E-state index in [1.807, 2.05) is 0 Å². The molecule has 2 aromatic carbocycles. The summed E-state index contributed by atoms with van der Waals surface area (Å²) in [5.41, 5.74) is 0.628. The Kier molecular flexibility index (Phi) is 5.58. The highest BCUT2D eigenvalue weighted by Crippen LogP contribution is 2.35. The van der Waals surface area contributed by atoms with Gasteiger partial charge in [0.05, 0.1) is 7.11 Å². The number of aromatic hydroxyl groups is 3. The Morgan fingerprint density at radius 2 is 1.57 bits per heavy atom. The molecule has 3 rings (SSSR count). The van der Waals surface area contributed by atoms with Gasteiger partial charge in [-0.1, -0.05) is 0 Å². The number of nitrogens with zero attached hydrogens (tertiary/aromatic N) is 1. The number of benzene rings is 2. The number of likely N-dealkylation sites (tertiary alicyclic amines) is 1. The number of rotatable bonds is 4. The number of ether oxygens (including phenoxy) is 1. The van der Waals surface area contributed by atoms with E-state index >= 15 is 0 Å². The van der Waals surface area contributed by atoms with E-state index in [0.717, 1.165) is 12.1 Å². The fourth-order valence-electron chi connectivity index (χ4n) is 3.15. The molecule has 8 nitrogen and oxygen atoms in total. The highest BCUT2D eigenvalue weighted by molar-refractivity contribution is 5.96. The van der Waals surface area contributed by atoms with Gasteiger partial charge in [-0.3, -0.25) is 9.59 Å². The minimum atomic E-state index is -0.656. The van der Waals surface area contributed by atoms with Crippen molar-refractivity contribution in [2.24, 2.45) is 0 Å². The topological polar surface area (TPSA) is 119 Å². The second-order valence-electron chi connectivity index (χ2n) is 6.63. The number of phenolic OH excluding ortho intramolecular Hbond substituents is 3. The molecule has 1 aliphatic rings. The lowest BCUT2D eigenvalue weighted by Crippen LogP contribution is -2.46. The predicted octanol–water partition coefficient (Wildman–Crippen LogP) is 1.85. The van der Waals surface area contributed by atoms with Crippen molar-refractivity contribution in [1.29, 1.82) is 0 Å². The van der Waals surface area contributed by atoms with Crippen molar-refractivity contribution in [3.8, 4) is 23.0 Å². The number of carbonyl (C=O) groups is 2. The maximum Gasteiger partial charge on any atom is 0.254 e. The van der Waals surface area contributed by atoms with Gasteiger partial charge < -0.3 is 30.3 Å². The number of hydrogen-bond acceptors (Lipinski definition) is 6. The molecule has 0 atom stereocenters. The molecule has 0 bridgehead atoms. The molecule has 1 aliphatic heterocycles. The van der Waals surface area contributed by atoms with Gasteiger partial charge >= 0.3 is 0 Å². The number of methoxy groups -OCH3 is 1. The second kappa shape index (κ2) is 8.08. The second-order valence-corrected chi connectivity index (χ2v) is 6.63. The largest absolute Gasteiger partial charge is 0.504 e. The van der Waals surface area contributed by atoms with Gasteiger partial charge in [-0.2, -0.15) is 0 Å². The van der Waals surface area contributed by atoms with E-state index in [-0.39, 0.29) is 23.4 Å². The summed E-state index contributed by atoms with van der Waals surface area (Å²) in [5, 5.41) is 31.5. The number of phenols is 3. The van der Waals surface area contributed by atoms with Gasteiger partial charge in [0.15, 0.2) is 17.2 Å². The zero-order valence-electron chi connectivity index (χ0n) is 15.4. The third kappa shape index (κ3) is 4.11. The monoisotopic (exact) mass is 386 g/mol. The van der Waals surface area contributed by atoms with Crippen molar-refractivity contribution in [2.45, 2.75) is 18.9 Å². The minimum absolute atomic E-state index is 0.0553. The minimum Gasteiger partial charge on any atom is -0.504 e. The molecule has 0 aliphatic carbocycles. The van der Waals surface area contributed by atoms with Crippen LogP contribution < -0.4 is 10.1 Å². The van der Waals surface area contributed by atoms with Gasteiger partial charge in [0, 0.05) is 30.3 Å². The maximum absolute atomic E-state index is 12.5. The standard InChI is InChI=1S/C20H22N2O6/c1-28-15-4-2-12(3-5-15)19(26)21-14-6-8-22(9-7-14)20(27)13-10-16(23)18(25)17(24)11-13/h2-5,10-11,14,23-25H,6-9H2,1H3,(H,21,26). The fraction of sp³-hybridized carbons (Fsp3) is 0.300. The summed E-state index contributed by atoms with van der Waals surface area (Å²) >= 11 is 0. The highest BCUT2D eigenvalue weighted by Gasteiger charge is 2.26. The quantitative estimate of drug-likeness (QED) is 0.596. The number of amides is 2. The molecule has 28 heavy (non-hydrogen) atoms. The first-order valence-corrected chi connectivity index (χ1v) is 8.88. The van der Waals surface area contributed by atoms with Crippen LogP contribution in [0.25, 0.3) is 0 Å². The number of nitrogens with one attached hydrogen (secondary N) is 1. The van der Waals surface area contributed by atoms with Crippen LogP contribution in [0, 0.1) is 0 Å². The highest BCUT2D eigenvalue weighted by atomic mass is 16.5. The molecular formula is C20H22N2O6. The summed E-state index contributed by atoms with van der Waals surface area (Å²) in [6, 6.07) is 9.01. The summed E-state index contributed by atoms with van der Waals surface area (Å²) in [7, 11) is 1.56. The van der Waals surface area contributed by atoms with Gasteiger partial charge in [0.2, 0.25) is 0 Å². The Bertz CT molecular complexity index is 850. The van der Waals surface area contributed by atoms with Crippen LogP contribution in [-0.2, 0) is 0 Å². The van der Waals surface area contributed by atoms with Gasteiger partial charge in [-0.25, -0.2) is 0 Å². The first-order chi connectivity index (χ1) is 13.4. The van der Waals surface area contributed by atoms with Gasteiger partial charge in [0.1, 0.15) is 5.75 Å². The zero-order chi connectivity index (χ0) is 20.3. The molecule has 0 saturated carbocycles. The predicted molar refractivity (Wildman–Crippen MR) is 101 cm³/mol. The molecule has 8 heteroatoms. The van der Waals surface area contributed by atoms with Crippen molar-refractivity contribution < 1.29 is 29.6 Å². The summed E-state index contributed by atoms with van der Waals surface area (Å²) in [5.74, 6) is -1.62. The Balaban J connectivity index is 1.56. The van der Waals surface area contributed by atoms with E-state index < -0.39 is 17.2 Å². The smallest absolute Gasteiger partial charge is 0.254 e. The fourth-order valence-corrected chi connectivity index (χ4v) is 3.15. The van der Waals surface area contributed by atoms with Crippen LogP contribution in [0.3, 0.4) is 0 Å². The zero-order valence-corrected chi connectivity index (χ0v) is 15.4. The lowest BCUT2D eigenvalue weighted by molar-refractivity contribution is 0.0697. The average Bonchev–Trinajstić information content (AvgIpc) is 2.71. The van der Waals surface area contributed by atoms with E-state index in [2.05, 4.69) is 5.32 Å². The SMILES string of the molecule is COc1ccc(C(=O)NC2CCN(C(=O)c3cc(O)c(O)c(O)c3)CC2)cc1. The van der Waals surface area contributed by atoms with E-state index in [1.165, 1.54) is 0 Å². The van der Waals surface area contributed by atoms with E-state index in [4.69, 9.17) is 4.74 Å². The molecule has 1 saturated heterocycles. The molecular weight excluding hydrogens is 364 g/mol. The lowest BCUT2D eigenvalue weighted by atomic mass is 10.0. The molecule has 148 valence electrons. The van der Waals surface area contributed by atoms with Crippen molar-refractivity contribution in [2.75, 3.05) is 20.2 Å². The molecule has 0 aromatic heterocycles. The molecule has 1 heterocycles. The first-order valence-electron chi connectivity index (χ1n) is 8.88. The molecule has 1 fully saturated rings. The van der Waals surface area contributed by atoms with Crippen LogP contribution in [0.5, 0.6) is 23.0 Å². The van der Waals surface area contributed by atoms with Gasteiger partial charge in [-0.15, -0.1) is 0 Å². The Morgan fingerprint density at radius 1 is 1.00 bits per heavy atom. The van der Waals surface area contributed by atoms with Gasteiger partial charge in [-0.05, 0) is 49.2 Å². The van der Waals surface area contributed by atoms with Crippen LogP contribution >= 0.6 is 0 Å². The van der Waals surface area contributed by atoms with E-state index in [0.29, 0.717) is 37.2 Å². The summed E-state index contributed by atoms with van der Waals surface area (Å²) < 4.78 is 5.08. The average molecular weight is 386 g/mol. The van der Waals surface area contributed by atoms with Crippen molar-refractivity contribution >= 4 is 11.8 Å². The molecule has 0 radical (unpaired) electrons. The maximum atomic E-state index is 12.5. The first kappa shape index (κ1) is 19.3. The number of carbonyl (C=O) groups excluding carboxylic acids is 2. The third-order valence-corrected chi connectivity index (χ3v) is 4.79. The number of piperidine rings is 1. The van der Waals surface area contributed by atoms with Gasteiger partial charge in [0.25, 0.3) is 11.8 Å². The van der Waals surface area contributed by atoms with E-state index in [9.17, 15) is 24.9 Å². The van der Waals surface area contributed by atoms with Crippen LogP contribution in [0.1, 0.15) is 33.6 Å². The summed E-state index contributed by atoms with van der Waals surface area (Å²) in [6.45, 7) is 0.851. The van der Waals surface area contributed by atoms with Crippen molar-refractivity contribution in [3.05, 3.63) is 47.5 Å². The normalized spacial score (nSPS) is 14.5. The third-order valence-electron chi connectivity index (χ3n) is 4.79. The Hall–Kier alpha value is -3.42.